The van der Waals surface area contributed by atoms with Crippen LogP contribution in [-0.4, -0.2) is 33.0 Å². The number of halogens is 1. The lowest BCUT2D eigenvalue weighted by atomic mass is 10.3. The van der Waals surface area contributed by atoms with Gasteiger partial charge in [-0.15, -0.1) is 0 Å². The highest BCUT2D eigenvalue weighted by Gasteiger charge is 2.15. The lowest BCUT2D eigenvalue weighted by Gasteiger charge is -2.06. The monoisotopic (exact) mass is 294 g/mol. The summed E-state index contributed by atoms with van der Waals surface area (Å²) in [4.78, 5) is 0.171. The molecule has 0 aromatic heterocycles. The van der Waals surface area contributed by atoms with E-state index in [0.29, 0.717) is 10.2 Å². The Morgan fingerprint density at radius 1 is 1.47 bits per heavy atom. The Bertz CT molecular complexity index is 441. The van der Waals surface area contributed by atoms with Crippen LogP contribution < -0.4 is 4.74 Å². The number of aliphatic hydroxyl groups is 1. The van der Waals surface area contributed by atoms with Gasteiger partial charge in [-0.1, -0.05) is 0 Å². The van der Waals surface area contributed by atoms with Crippen LogP contribution in [0.2, 0.25) is 0 Å². The summed E-state index contributed by atoms with van der Waals surface area (Å²) in [5, 5.41) is 8.62. The third-order valence-corrected chi connectivity index (χ3v) is 4.15. The van der Waals surface area contributed by atoms with Gasteiger partial charge in [0, 0.05) is 0 Å². The first-order valence-electron chi connectivity index (χ1n) is 4.18. The summed E-state index contributed by atoms with van der Waals surface area (Å²) >= 11 is 3.20. The minimum atomic E-state index is -3.39. The molecule has 0 spiro atoms. The van der Waals surface area contributed by atoms with Crippen LogP contribution >= 0.6 is 15.9 Å². The Morgan fingerprint density at radius 2 is 2.13 bits per heavy atom. The van der Waals surface area contributed by atoms with Crippen molar-refractivity contribution in [1.29, 1.82) is 0 Å². The van der Waals surface area contributed by atoms with Crippen LogP contribution in [0.25, 0.3) is 0 Å². The maximum atomic E-state index is 11.6. The lowest BCUT2D eigenvalue weighted by molar-refractivity contribution is 0.319. The number of ether oxygens (including phenoxy) is 1. The van der Waals surface area contributed by atoms with Crippen molar-refractivity contribution >= 4 is 25.8 Å². The van der Waals surface area contributed by atoms with Gasteiger partial charge in [0.2, 0.25) is 0 Å². The van der Waals surface area contributed by atoms with Crippen LogP contribution in [0.3, 0.4) is 0 Å². The first-order valence-corrected chi connectivity index (χ1v) is 6.63. The zero-order chi connectivity index (χ0) is 11.5. The quantitative estimate of drug-likeness (QED) is 0.907. The molecule has 1 N–H and O–H groups in total. The van der Waals surface area contributed by atoms with E-state index < -0.39 is 9.84 Å². The molecule has 6 heteroatoms. The van der Waals surface area contributed by atoms with Crippen molar-refractivity contribution in [2.75, 3.05) is 19.5 Å². The molecule has 0 bridgehead atoms. The van der Waals surface area contributed by atoms with Crippen molar-refractivity contribution in [1.82, 2.24) is 0 Å². The molecular formula is C9H11BrO4S. The van der Waals surface area contributed by atoms with Crippen LogP contribution in [0.1, 0.15) is 0 Å². The third kappa shape index (κ3) is 2.93. The van der Waals surface area contributed by atoms with Gasteiger partial charge in [-0.2, -0.15) is 0 Å². The number of sulfone groups is 1. The SMILES string of the molecule is COc1ccc(S(=O)(=O)CCO)cc1Br. The van der Waals surface area contributed by atoms with Crippen LogP contribution in [0.4, 0.5) is 0 Å². The molecule has 0 aliphatic carbocycles. The molecule has 84 valence electrons. The largest absolute Gasteiger partial charge is 0.496 e. The van der Waals surface area contributed by atoms with E-state index in [2.05, 4.69) is 15.9 Å². The van der Waals surface area contributed by atoms with Gasteiger partial charge in [-0.25, -0.2) is 8.42 Å². The predicted molar refractivity (Wildman–Crippen MR) is 59.8 cm³/mol. The van der Waals surface area contributed by atoms with Gasteiger partial charge in [0.1, 0.15) is 5.75 Å². The van der Waals surface area contributed by atoms with E-state index in [0.717, 1.165) is 0 Å². The second kappa shape index (κ2) is 4.96. The Labute approximate surface area is 96.9 Å². The zero-order valence-electron chi connectivity index (χ0n) is 8.10. The molecule has 0 fully saturated rings. The van der Waals surface area contributed by atoms with Gasteiger partial charge in [0.15, 0.2) is 9.84 Å². The number of benzene rings is 1. The number of aliphatic hydroxyl groups excluding tert-OH is 1. The Hall–Kier alpha value is -0.590. The molecule has 0 radical (unpaired) electrons. The average Bonchev–Trinajstić information content (AvgIpc) is 2.17. The fourth-order valence-corrected chi connectivity index (χ4v) is 2.82. The minimum Gasteiger partial charge on any atom is -0.496 e. The van der Waals surface area contributed by atoms with Gasteiger partial charge < -0.3 is 9.84 Å². The molecule has 0 amide bonds. The molecular weight excluding hydrogens is 284 g/mol. The summed E-state index contributed by atoms with van der Waals surface area (Å²) in [5.41, 5.74) is 0. The summed E-state index contributed by atoms with van der Waals surface area (Å²) in [6.07, 6.45) is 0. The molecule has 0 atom stereocenters. The maximum Gasteiger partial charge on any atom is 0.180 e. The first-order chi connectivity index (χ1) is 7.01. The van der Waals surface area contributed by atoms with Gasteiger partial charge >= 0.3 is 0 Å². The average molecular weight is 295 g/mol. The van der Waals surface area contributed by atoms with E-state index in [-0.39, 0.29) is 17.3 Å². The van der Waals surface area contributed by atoms with Crippen molar-refractivity contribution < 1.29 is 18.3 Å². The van der Waals surface area contributed by atoms with Gasteiger partial charge in [-0.3, -0.25) is 0 Å². The minimum absolute atomic E-state index is 0.171. The molecule has 15 heavy (non-hydrogen) atoms. The number of hydrogen-bond acceptors (Lipinski definition) is 4. The number of hydrogen-bond donors (Lipinski definition) is 1. The van der Waals surface area contributed by atoms with Crippen LogP contribution in [0.5, 0.6) is 5.75 Å². The van der Waals surface area contributed by atoms with Gasteiger partial charge in [-0.05, 0) is 34.1 Å². The van der Waals surface area contributed by atoms with E-state index in [1.54, 1.807) is 6.07 Å². The second-order valence-electron chi connectivity index (χ2n) is 2.84. The van der Waals surface area contributed by atoms with Gasteiger partial charge in [0.05, 0.1) is 28.8 Å². The van der Waals surface area contributed by atoms with E-state index >= 15 is 0 Å². The normalized spacial score (nSPS) is 11.4. The highest BCUT2D eigenvalue weighted by molar-refractivity contribution is 9.10. The Morgan fingerprint density at radius 3 is 2.60 bits per heavy atom. The van der Waals surface area contributed by atoms with Crippen molar-refractivity contribution in [2.45, 2.75) is 4.90 Å². The molecule has 0 heterocycles. The predicted octanol–water partition coefficient (Wildman–Crippen LogP) is 1.22. The number of methoxy groups -OCH3 is 1. The third-order valence-electron chi connectivity index (χ3n) is 1.84. The summed E-state index contributed by atoms with van der Waals surface area (Å²) < 4.78 is 28.7. The maximum absolute atomic E-state index is 11.6. The molecule has 1 rings (SSSR count). The van der Waals surface area contributed by atoms with Crippen molar-refractivity contribution in [3.63, 3.8) is 0 Å². The second-order valence-corrected chi connectivity index (χ2v) is 5.80. The first kappa shape index (κ1) is 12.5. The summed E-state index contributed by atoms with van der Waals surface area (Å²) in [6.45, 7) is -0.383. The summed E-state index contributed by atoms with van der Waals surface area (Å²) in [6, 6.07) is 4.48. The highest BCUT2D eigenvalue weighted by Crippen LogP contribution is 2.27. The molecule has 0 saturated carbocycles. The van der Waals surface area contributed by atoms with Crippen molar-refractivity contribution in [3.05, 3.63) is 22.7 Å². The lowest BCUT2D eigenvalue weighted by Crippen LogP contribution is -2.10. The zero-order valence-corrected chi connectivity index (χ0v) is 10.5. The fourth-order valence-electron chi connectivity index (χ4n) is 1.08. The van der Waals surface area contributed by atoms with E-state index in [4.69, 9.17) is 9.84 Å². The molecule has 0 aliphatic heterocycles. The smallest absolute Gasteiger partial charge is 0.180 e. The van der Waals surface area contributed by atoms with Crippen LogP contribution in [-0.2, 0) is 9.84 Å². The van der Waals surface area contributed by atoms with E-state index in [1.807, 2.05) is 0 Å². The van der Waals surface area contributed by atoms with Crippen molar-refractivity contribution in [3.8, 4) is 5.75 Å². The molecule has 1 aromatic carbocycles. The van der Waals surface area contributed by atoms with Crippen molar-refractivity contribution in [2.24, 2.45) is 0 Å². The van der Waals surface area contributed by atoms with Crippen LogP contribution in [0.15, 0.2) is 27.6 Å². The molecule has 0 unspecified atom stereocenters. The Balaban J connectivity index is 3.13. The highest BCUT2D eigenvalue weighted by atomic mass is 79.9. The molecule has 0 aliphatic rings. The topological polar surface area (TPSA) is 63.6 Å². The molecule has 0 saturated heterocycles. The number of rotatable bonds is 4. The fraction of sp³-hybridized carbons (Fsp3) is 0.333. The summed E-state index contributed by atoms with van der Waals surface area (Å²) in [5.74, 6) is 0.295. The Kier molecular flexibility index (Phi) is 4.12. The van der Waals surface area contributed by atoms with E-state index in [9.17, 15) is 8.42 Å². The van der Waals surface area contributed by atoms with Gasteiger partial charge in [0.25, 0.3) is 0 Å². The standard InChI is InChI=1S/C9H11BrO4S/c1-14-9-3-2-7(6-8(9)10)15(12,13)5-4-11/h2-3,6,11H,4-5H2,1H3. The molecule has 1 aromatic rings. The summed E-state index contributed by atoms with van der Waals surface area (Å²) in [7, 11) is -1.89. The van der Waals surface area contributed by atoms with Crippen LogP contribution in [0, 0.1) is 0 Å². The van der Waals surface area contributed by atoms with E-state index in [1.165, 1.54) is 19.2 Å². The molecule has 4 nitrogen and oxygen atoms in total.